The van der Waals surface area contributed by atoms with E-state index in [2.05, 4.69) is 4.98 Å². The number of benzene rings is 1. The molecule has 1 heterocycles. The molecule has 1 atom stereocenters. The van der Waals surface area contributed by atoms with Crippen LogP contribution in [0.15, 0.2) is 23.6 Å². The number of nitro benzene ring substituents is 1. The highest BCUT2D eigenvalue weighted by molar-refractivity contribution is 7.09. The first-order valence-corrected chi connectivity index (χ1v) is 7.21. The third-order valence-corrected chi connectivity index (χ3v) is 3.85. The maximum absolute atomic E-state index is 13.2. The number of carbonyl (C=O) groups is 1. The number of nitrogens with zero attached hydrogens (tertiary/aromatic N) is 3. The van der Waals surface area contributed by atoms with E-state index < -0.39 is 34.7 Å². The molecule has 0 unspecified atom stereocenters. The Labute approximate surface area is 134 Å². The topological polar surface area (TPSA) is 106 Å². The summed E-state index contributed by atoms with van der Waals surface area (Å²) in [4.78, 5) is 26.3. The summed E-state index contributed by atoms with van der Waals surface area (Å²) in [5.74, 6) is -2.83. The second kappa shape index (κ2) is 6.93. The van der Waals surface area contributed by atoms with Gasteiger partial charge in [-0.15, -0.1) is 11.3 Å². The van der Waals surface area contributed by atoms with Crippen LogP contribution in [0, 0.1) is 34.2 Å². The highest BCUT2D eigenvalue weighted by atomic mass is 32.1. The molecule has 7 nitrogen and oxygen atoms in total. The van der Waals surface area contributed by atoms with E-state index in [1.54, 1.807) is 12.3 Å². The average Bonchev–Trinajstić information content (AvgIpc) is 2.92. The second-order valence-electron chi connectivity index (χ2n) is 4.51. The average molecular weight is 335 g/mol. The van der Waals surface area contributed by atoms with E-state index in [1.807, 2.05) is 6.07 Å². The van der Waals surface area contributed by atoms with Crippen LogP contribution in [0.4, 0.5) is 10.1 Å². The zero-order valence-electron chi connectivity index (χ0n) is 11.9. The maximum atomic E-state index is 13.2. The van der Waals surface area contributed by atoms with Gasteiger partial charge in [-0.05, 0) is 13.0 Å². The molecule has 0 aliphatic carbocycles. The number of hydrogen-bond acceptors (Lipinski definition) is 7. The molecule has 0 aliphatic heterocycles. The Morgan fingerprint density at radius 1 is 1.61 bits per heavy atom. The maximum Gasteiger partial charge on any atom is 0.311 e. The van der Waals surface area contributed by atoms with Crippen LogP contribution < -0.4 is 4.74 Å². The van der Waals surface area contributed by atoms with Crippen LogP contribution in [-0.2, 0) is 4.79 Å². The lowest BCUT2D eigenvalue weighted by Gasteiger charge is -2.08. The molecule has 0 bridgehead atoms. The number of Topliss-reactive ketones (excluding diaryl/α,β-unsaturated/α-hetero) is 1. The van der Waals surface area contributed by atoms with Crippen LogP contribution in [0.1, 0.15) is 16.6 Å². The molecular weight excluding hydrogens is 325 g/mol. The third kappa shape index (κ3) is 3.87. The Hall–Kier alpha value is -2.86. The molecule has 0 saturated heterocycles. The largest absolute Gasteiger partial charge is 0.479 e. The number of aromatic nitrogens is 1. The van der Waals surface area contributed by atoms with Gasteiger partial charge in [0.2, 0.25) is 0 Å². The van der Waals surface area contributed by atoms with Gasteiger partial charge in [-0.2, -0.15) is 5.26 Å². The number of aryl methyl sites for hydroxylation is 1. The quantitative estimate of drug-likeness (QED) is 0.593. The number of halogens is 1. The van der Waals surface area contributed by atoms with E-state index >= 15 is 0 Å². The van der Waals surface area contributed by atoms with E-state index in [1.165, 1.54) is 0 Å². The van der Waals surface area contributed by atoms with Gasteiger partial charge in [-0.1, -0.05) is 0 Å². The fourth-order valence-corrected chi connectivity index (χ4v) is 2.62. The molecule has 0 saturated carbocycles. The van der Waals surface area contributed by atoms with Gasteiger partial charge in [0.25, 0.3) is 0 Å². The van der Waals surface area contributed by atoms with Gasteiger partial charge in [-0.25, -0.2) is 9.37 Å². The molecule has 0 fully saturated rings. The predicted octanol–water partition coefficient (Wildman–Crippen LogP) is 2.75. The van der Waals surface area contributed by atoms with Crippen molar-refractivity contribution in [3.63, 3.8) is 0 Å². The molecule has 23 heavy (non-hydrogen) atoms. The minimum absolute atomic E-state index is 0.326. The molecule has 9 heteroatoms. The number of nitriles is 1. The zero-order chi connectivity index (χ0) is 17.0. The van der Waals surface area contributed by atoms with Crippen molar-refractivity contribution in [1.29, 1.82) is 5.26 Å². The number of hydrogen-bond donors (Lipinski definition) is 0. The minimum Gasteiger partial charge on any atom is -0.479 e. The van der Waals surface area contributed by atoms with Gasteiger partial charge in [0.1, 0.15) is 17.4 Å². The zero-order valence-corrected chi connectivity index (χ0v) is 12.7. The number of ketones is 1. The predicted molar refractivity (Wildman–Crippen MR) is 78.8 cm³/mol. The van der Waals surface area contributed by atoms with Crippen molar-refractivity contribution < 1.29 is 18.8 Å². The molecule has 118 valence electrons. The third-order valence-electron chi connectivity index (χ3n) is 2.82. The summed E-state index contributed by atoms with van der Waals surface area (Å²) >= 11 is 1.16. The lowest BCUT2D eigenvalue weighted by molar-refractivity contribution is -0.385. The van der Waals surface area contributed by atoms with Crippen LogP contribution in [-0.4, -0.2) is 22.3 Å². The van der Waals surface area contributed by atoms with E-state index in [-0.39, 0.29) is 5.75 Å². The lowest BCUT2D eigenvalue weighted by Crippen LogP contribution is -2.19. The monoisotopic (exact) mass is 335 g/mol. The summed E-state index contributed by atoms with van der Waals surface area (Å²) in [7, 11) is 0. The fraction of sp³-hybridized carbons (Fsp3) is 0.214. The molecule has 0 aliphatic rings. The van der Waals surface area contributed by atoms with E-state index in [0.717, 1.165) is 29.5 Å². The van der Waals surface area contributed by atoms with E-state index in [0.29, 0.717) is 10.7 Å². The highest BCUT2D eigenvalue weighted by Crippen LogP contribution is 2.28. The van der Waals surface area contributed by atoms with Gasteiger partial charge >= 0.3 is 5.69 Å². The molecule has 0 radical (unpaired) electrons. The first-order valence-electron chi connectivity index (χ1n) is 6.33. The van der Waals surface area contributed by atoms with Crippen LogP contribution in [0.3, 0.4) is 0 Å². The van der Waals surface area contributed by atoms with Crippen molar-refractivity contribution in [1.82, 2.24) is 4.98 Å². The molecule has 1 aromatic carbocycles. The lowest BCUT2D eigenvalue weighted by atomic mass is 10.1. The second-order valence-corrected chi connectivity index (χ2v) is 5.40. The summed E-state index contributed by atoms with van der Waals surface area (Å²) < 4.78 is 18.2. The Morgan fingerprint density at radius 3 is 2.91 bits per heavy atom. The van der Waals surface area contributed by atoms with Gasteiger partial charge in [-0.3, -0.25) is 14.9 Å². The number of carbonyl (C=O) groups excluding carboxylic acids is 1. The van der Waals surface area contributed by atoms with Crippen LogP contribution >= 0.6 is 11.3 Å². The summed E-state index contributed by atoms with van der Waals surface area (Å²) in [5, 5.41) is 22.0. The Morgan fingerprint density at radius 2 is 2.35 bits per heavy atom. The smallest absolute Gasteiger partial charge is 0.311 e. The summed E-state index contributed by atoms with van der Waals surface area (Å²) in [5.41, 5.74) is 0.220. The van der Waals surface area contributed by atoms with Crippen molar-refractivity contribution in [3.8, 4) is 11.8 Å². The highest BCUT2D eigenvalue weighted by Gasteiger charge is 2.25. The van der Waals surface area contributed by atoms with E-state index in [4.69, 9.17) is 10.00 Å². The van der Waals surface area contributed by atoms with Gasteiger partial charge in [0.15, 0.2) is 17.5 Å². The molecule has 2 aromatic rings. The van der Waals surface area contributed by atoms with E-state index in [9.17, 15) is 19.3 Å². The summed E-state index contributed by atoms with van der Waals surface area (Å²) in [6.45, 7) is 1.13. The molecule has 0 amide bonds. The normalized spacial score (nSPS) is 11.5. The summed E-state index contributed by atoms with van der Waals surface area (Å²) in [6.07, 6.45) is 0. The summed E-state index contributed by atoms with van der Waals surface area (Å²) in [6, 6.07) is 4.51. The first kappa shape index (κ1) is 16.5. The van der Waals surface area contributed by atoms with Crippen molar-refractivity contribution in [2.24, 2.45) is 0 Å². The Kier molecular flexibility index (Phi) is 4.98. The van der Waals surface area contributed by atoms with Crippen molar-refractivity contribution >= 4 is 22.8 Å². The van der Waals surface area contributed by atoms with Crippen molar-refractivity contribution in [2.45, 2.75) is 12.8 Å². The van der Waals surface area contributed by atoms with Crippen LogP contribution in [0.5, 0.6) is 5.75 Å². The first-order chi connectivity index (χ1) is 10.9. The van der Waals surface area contributed by atoms with Crippen molar-refractivity contribution in [2.75, 3.05) is 6.61 Å². The molecular formula is C14H10FN3O4S. The van der Waals surface area contributed by atoms with Gasteiger partial charge in [0, 0.05) is 23.2 Å². The number of thiazole rings is 1. The number of rotatable bonds is 6. The Bertz CT molecular complexity index is 800. The van der Waals surface area contributed by atoms with Crippen LogP contribution in [0.25, 0.3) is 0 Å². The fourth-order valence-electron chi connectivity index (χ4n) is 1.76. The molecule has 1 aromatic heterocycles. The standard InChI is InChI=1S/C14H10FN3O4S/c1-8-7-23-14(17-8)10(5-16)12(19)6-22-13-4-9(15)2-3-11(13)18(20)21/h2-4,7,10H,6H2,1H3/t10-/m0/s1. The SMILES string of the molecule is Cc1csc([C@@H](C#N)C(=O)COc2cc(F)ccc2[N+](=O)[O-])n1. The van der Waals surface area contributed by atoms with Gasteiger partial charge in [0.05, 0.1) is 11.0 Å². The molecule has 0 N–H and O–H groups in total. The minimum atomic E-state index is -1.12. The van der Waals surface area contributed by atoms with Gasteiger partial charge < -0.3 is 4.74 Å². The Balaban J connectivity index is 2.14. The number of nitro groups is 1. The van der Waals surface area contributed by atoms with Crippen LogP contribution in [0.2, 0.25) is 0 Å². The molecule has 0 spiro atoms. The van der Waals surface area contributed by atoms with Crippen molar-refractivity contribution in [3.05, 3.63) is 50.2 Å². The number of ether oxygens (including phenoxy) is 1. The molecule has 2 rings (SSSR count).